The molecule has 26 heavy (non-hydrogen) atoms. The van der Waals surface area contributed by atoms with Gasteiger partial charge < -0.3 is 4.90 Å². The van der Waals surface area contributed by atoms with Crippen molar-refractivity contribution >= 4 is 16.9 Å². The lowest BCUT2D eigenvalue weighted by molar-refractivity contribution is -0.390. The molecule has 0 amide bonds. The van der Waals surface area contributed by atoms with Gasteiger partial charge in [0.2, 0.25) is 0 Å². The molecule has 3 aromatic heterocycles. The zero-order valence-electron chi connectivity index (χ0n) is 14.9. The van der Waals surface area contributed by atoms with E-state index in [1.54, 1.807) is 6.33 Å². The number of pyridine rings is 1. The first-order chi connectivity index (χ1) is 12.7. The molecule has 0 atom stereocenters. The maximum absolute atomic E-state index is 4.55. The van der Waals surface area contributed by atoms with Gasteiger partial charge in [0.1, 0.15) is 12.1 Å². The summed E-state index contributed by atoms with van der Waals surface area (Å²) < 4.78 is 1.87. The maximum Gasteiger partial charge on any atom is 0.181 e. The fraction of sp³-hybridized carbons (Fsp3) is 0.200. The number of hydrogen-bond donors (Lipinski definition) is 0. The second-order valence-electron chi connectivity index (χ2n) is 6.39. The monoisotopic (exact) mass is 345 g/mol. The highest BCUT2D eigenvalue weighted by atomic mass is 15.3. The topological polar surface area (TPSA) is 61.0 Å². The maximum atomic E-state index is 4.55. The molecule has 4 rings (SSSR count). The van der Waals surface area contributed by atoms with Crippen LogP contribution in [0.1, 0.15) is 11.3 Å². The summed E-state index contributed by atoms with van der Waals surface area (Å²) in [5.74, 6) is 0.893. The van der Waals surface area contributed by atoms with Gasteiger partial charge in [-0.15, -0.1) is 0 Å². The number of aromatic nitrogens is 5. The summed E-state index contributed by atoms with van der Waals surface area (Å²) in [4.78, 5) is 14.4. The van der Waals surface area contributed by atoms with E-state index in [2.05, 4.69) is 57.1 Å². The lowest BCUT2D eigenvalue weighted by Crippen LogP contribution is -2.24. The highest BCUT2D eigenvalue weighted by molar-refractivity contribution is 5.87. The van der Waals surface area contributed by atoms with Gasteiger partial charge in [0.05, 0.1) is 17.3 Å². The molecule has 0 fully saturated rings. The van der Waals surface area contributed by atoms with Crippen molar-refractivity contribution in [3.05, 3.63) is 72.4 Å². The van der Waals surface area contributed by atoms with E-state index in [9.17, 15) is 0 Å². The van der Waals surface area contributed by atoms with Crippen molar-refractivity contribution in [2.24, 2.45) is 0 Å². The van der Waals surface area contributed by atoms with E-state index in [1.165, 1.54) is 11.3 Å². The Balaban J connectivity index is 1.64. The van der Waals surface area contributed by atoms with Crippen LogP contribution in [0.2, 0.25) is 0 Å². The average molecular weight is 345 g/mol. The first kappa shape index (κ1) is 16.2. The summed E-state index contributed by atoms with van der Waals surface area (Å²) in [5.41, 5.74) is 4.21. The van der Waals surface area contributed by atoms with E-state index in [1.807, 2.05) is 41.3 Å². The van der Waals surface area contributed by atoms with Crippen molar-refractivity contribution in [2.45, 2.75) is 13.3 Å². The van der Waals surface area contributed by atoms with Crippen LogP contribution in [0.3, 0.4) is 0 Å². The lowest BCUT2D eigenvalue weighted by Gasteiger charge is -2.17. The van der Waals surface area contributed by atoms with Gasteiger partial charge in [-0.1, -0.05) is 18.2 Å². The number of anilines is 1. The zero-order valence-corrected chi connectivity index (χ0v) is 14.9. The van der Waals surface area contributed by atoms with Gasteiger partial charge in [-0.2, -0.15) is 5.10 Å². The number of benzene rings is 1. The molecule has 0 radical (unpaired) electrons. The fourth-order valence-corrected chi connectivity index (χ4v) is 3.06. The SMILES string of the molecule is Cc1cccc(-n2ncc3c(N(C)CCc4cccc[nH+]4)ncnc32)c1. The molecule has 0 saturated carbocycles. The molecule has 0 aliphatic carbocycles. The number of nitrogens with one attached hydrogen (secondary N) is 1. The van der Waals surface area contributed by atoms with E-state index in [4.69, 9.17) is 0 Å². The Labute approximate surface area is 152 Å². The van der Waals surface area contributed by atoms with E-state index >= 15 is 0 Å². The van der Waals surface area contributed by atoms with Crippen molar-refractivity contribution in [3.8, 4) is 5.69 Å². The van der Waals surface area contributed by atoms with Gasteiger partial charge in [0.15, 0.2) is 17.5 Å². The minimum absolute atomic E-state index is 0.818. The molecule has 130 valence electrons. The number of H-pyrrole nitrogens is 1. The minimum Gasteiger partial charge on any atom is -0.358 e. The number of fused-ring (bicyclic) bond motifs is 1. The van der Waals surface area contributed by atoms with Crippen molar-refractivity contribution in [1.82, 2.24) is 19.7 Å². The Morgan fingerprint density at radius 3 is 2.85 bits per heavy atom. The third kappa shape index (κ3) is 3.13. The summed E-state index contributed by atoms with van der Waals surface area (Å²) >= 11 is 0. The second-order valence-corrected chi connectivity index (χ2v) is 6.39. The first-order valence-electron chi connectivity index (χ1n) is 8.65. The summed E-state index contributed by atoms with van der Waals surface area (Å²) in [6.45, 7) is 2.92. The Bertz CT molecular complexity index is 1020. The highest BCUT2D eigenvalue weighted by Gasteiger charge is 2.14. The van der Waals surface area contributed by atoms with Gasteiger partial charge >= 0.3 is 0 Å². The van der Waals surface area contributed by atoms with E-state index in [0.717, 1.165) is 35.5 Å². The molecule has 3 heterocycles. The molecule has 0 unspecified atom stereocenters. The number of likely N-dealkylation sites (N-methyl/N-ethyl adjacent to an activating group) is 1. The van der Waals surface area contributed by atoms with E-state index < -0.39 is 0 Å². The van der Waals surface area contributed by atoms with Crippen LogP contribution in [0.25, 0.3) is 16.7 Å². The second kappa shape index (κ2) is 6.92. The van der Waals surface area contributed by atoms with Crippen molar-refractivity contribution < 1.29 is 4.98 Å². The molecule has 6 nitrogen and oxygen atoms in total. The Morgan fingerprint density at radius 1 is 1.12 bits per heavy atom. The van der Waals surface area contributed by atoms with Crippen LogP contribution in [0, 0.1) is 6.92 Å². The van der Waals surface area contributed by atoms with Crippen LogP contribution in [-0.2, 0) is 6.42 Å². The molecule has 0 aliphatic rings. The van der Waals surface area contributed by atoms with Crippen molar-refractivity contribution in [2.75, 3.05) is 18.5 Å². The minimum atomic E-state index is 0.818. The summed E-state index contributed by atoms with van der Waals surface area (Å²) in [7, 11) is 2.05. The third-order valence-electron chi connectivity index (χ3n) is 4.44. The average Bonchev–Trinajstić information content (AvgIpc) is 3.11. The summed E-state index contributed by atoms with van der Waals surface area (Å²) in [6.07, 6.45) is 6.31. The normalized spacial score (nSPS) is 11.0. The first-order valence-corrected chi connectivity index (χ1v) is 8.65. The van der Waals surface area contributed by atoms with Crippen LogP contribution in [0.5, 0.6) is 0 Å². The molecule has 0 bridgehead atoms. The lowest BCUT2D eigenvalue weighted by atomic mass is 10.2. The van der Waals surface area contributed by atoms with Crippen LogP contribution in [0.4, 0.5) is 5.82 Å². The Kier molecular flexibility index (Phi) is 4.31. The quantitative estimate of drug-likeness (QED) is 0.558. The van der Waals surface area contributed by atoms with E-state index in [0.29, 0.717) is 0 Å². The van der Waals surface area contributed by atoms with Gasteiger partial charge in [0.25, 0.3) is 0 Å². The van der Waals surface area contributed by atoms with Crippen LogP contribution in [-0.4, -0.2) is 33.3 Å². The number of aryl methyl sites for hydroxylation is 1. The van der Waals surface area contributed by atoms with Gasteiger partial charge in [-0.25, -0.2) is 19.6 Å². The summed E-state index contributed by atoms with van der Waals surface area (Å²) in [6, 6.07) is 14.4. The van der Waals surface area contributed by atoms with Crippen LogP contribution in [0.15, 0.2) is 61.2 Å². The molecule has 0 spiro atoms. The number of aromatic amines is 1. The largest absolute Gasteiger partial charge is 0.358 e. The predicted molar refractivity (Wildman–Crippen MR) is 101 cm³/mol. The van der Waals surface area contributed by atoms with Crippen LogP contribution >= 0.6 is 0 Å². The predicted octanol–water partition coefficient (Wildman–Crippen LogP) is 2.62. The Morgan fingerprint density at radius 2 is 2.04 bits per heavy atom. The number of hydrogen-bond acceptors (Lipinski definition) is 4. The smallest absolute Gasteiger partial charge is 0.181 e. The zero-order chi connectivity index (χ0) is 17.9. The Hall–Kier alpha value is -3.28. The molecule has 6 heteroatoms. The molecule has 1 aromatic carbocycles. The fourth-order valence-electron chi connectivity index (χ4n) is 3.06. The number of nitrogens with zero attached hydrogens (tertiary/aromatic N) is 5. The molecular weight excluding hydrogens is 324 g/mol. The molecular formula is C20H21N6+. The van der Waals surface area contributed by atoms with Crippen molar-refractivity contribution in [1.29, 1.82) is 0 Å². The molecule has 0 saturated heterocycles. The van der Waals surface area contributed by atoms with Crippen molar-refractivity contribution in [3.63, 3.8) is 0 Å². The van der Waals surface area contributed by atoms with Gasteiger partial charge in [-0.3, -0.25) is 0 Å². The van der Waals surface area contributed by atoms with Gasteiger partial charge in [-0.05, 0) is 24.6 Å². The molecule has 1 N–H and O–H groups in total. The van der Waals surface area contributed by atoms with Crippen LogP contribution < -0.4 is 9.88 Å². The molecule has 4 aromatic rings. The standard InChI is InChI=1S/C20H20N6/c1-15-6-5-8-17(12-15)26-20-18(13-24-26)19(22-14-23-20)25(2)11-9-16-7-3-4-10-21-16/h3-8,10,12-14H,9,11H2,1-2H3/p+1. The van der Waals surface area contributed by atoms with E-state index in [-0.39, 0.29) is 0 Å². The van der Waals surface area contributed by atoms with Gasteiger partial charge in [0, 0.05) is 32.1 Å². The molecule has 0 aliphatic heterocycles. The third-order valence-corrected chi connectivity index (χ3v) is 4.44. The summed E-state index contributed by atoms with van der Waals surface area (Å²) in [5, 5.41) is 5.50. The highest BCUT2D eigenvalue weighted by Crippen LogP contribution is 2.24. The number of rotatable bonds is 5.